The van der Waals surface area contributed by atoms with Crippen LogP contribution in [0.3, 0.4) is 0 Å². The van der Waals surface area contributed by atoms with Gasteiger partial charge in [-0.15, -0.1) is 12.4 Å². The molecule has 0 aromatic rings. The molecular weight excluding hydrogens is 224 g/mol. The maximum absolute atomic E-state index is 11.9. The minimum Gasteiger partial charge on any atom is -0.339 e. The van der Waals surface area contributed by atoms with Gasteiger partial charge in [-0.25, -0.2) is 0 Å². The van der Waals surface area contributed by atoms with Gasteiger partial charge in [-0.2, -0.15) is 0 Å². The first-order valence-corrected chi connectivity index (χ1v) is 6.05. The van der Waals surface area contributed by atoms with Crippen LogP contribution in [0.4, 0.5) is 0 Å². The lowest BCUT2D eigenvalue weighted by Gasteiger charge is -2.24. The van der Waals surface area contributed by atoms with Crippen molar-refractivity contribution in [2.24, 2.45) is 11.7 Å². The van der Waals surface area contributed by atoms with Gasteiger partial charge in [-0.1, -0.05) is 13.8 Å². The molecule has 1 fully saturated rings. The van der Waals surface area contributed by atoms with Gasteiger partial charge in [0.2, 0.25) is 5.91 Å². The van der Waals surface area contributed by atoms with Gasteiger partial charge in [-0.05, 0) is 32.1 Å². The summed E-state index contributed by atoms with van der Waals surface area (Å²) in [6, 6.07) is 0.669. The monoisotopic (exact) mass is 248 g/mol. The summed E-state index contributed by atoms with van der Waals surface area (Å²) in [5.41, 5.74) is 5.66. The molecule has 0 heterocycles. The van der Waals surface area contributed by atoms with Crippen LogP contribution < -0.4 is 5.73 Å². The quantitative estimate of drug-likeness (QED) is 0.783. The van der Waals surface area contributed by atoms with Crippen molar-refractivity contribution < 1.29 is 4.79 Å². The summed E-state index contributed by atoms with van der Waals surface area (Å²) < 4.78 is 0. The highest BCUT2D eigenvalue weighted by molar-refractivity contribution is 5.85. The first-order chi connectivity index (χ1) is 7.00. The highest BCUT2D eigenvalue weighted by Crippen LogP contribution is 2.28. The molecular formula is C12H25ClN2O. The minimum absolute atomic E-state index is 0. The van der Waals surface area contributed by atoms with Crippen molar-refractivity contribution in [1.29, 1.82) is 0 Å². The summed E-state index contributed by atoms with van der Waals surface area (Å²) in [5.74, 6) is 0.855. The Kier molecular flexibility index (Phi) is 7.00. The maximum atomic E-state index is 11.9. The Morgan fingerprint density at radius 1 is 1.38 bits per heavy atom. The van der Waals surface area contributed by atoms with Crippen molar-refractivity contribution >= 4 is 18.3 Å². The zero-order chi connectivity index (χ0) is 11.4. The molecule has 1 atom stereocenters. The zero-order valence-corrected chi connectivity index (χ0v) is 11.4. The second-order valence-corrected chi connectivity index (χ2v) is 5.19. The Balaban J connectivity index is 0.00000225. The number of carbonyl (C=O) groups is 1. The highest BCUT2D eigenvalue weighted by atomic mass is 35.5. The Hall–Kier alpha value is -0.280. The van der Waals surface area contributed by atoms with Crippen LogP contribution in [0.1, 0.15) is 46.5 Å². The second-order valence-electron chi connectivity index (χ2n) is 5.19. The van der Waals surface area contributed by atoms with Crippen LogP contribution in [0.2, 0.25) is 0 Å². The summed E-state index contributed by atoms with van der Waals surface area (Å²) in [7, 11) is 0. The summed E-state index contributed by atoms with van der Waals surface area (Å²) >= 11 is 0. The molecule has 1 saturated carbocycles. The van der Waals surface area contributed by atoms with E-state index < -0.39 is 0 Å². The van der Waals surface area contributed by atoms with Gasteiger partial charge in [0.25, 0.3) is 0 Å². The van der Waals surface area contributed by atoms with E-state index in [2.05, 4.69) is 18.7 Å². The Labute approximate surface area is 105 Å². The first-order valence-electron chi connectivity index (χ1n) is 6.05. The minimum atomic E-state index is 0. The lowest BCUT2D eigenvalue weighted by atomic mass is 10.1. The first kappa shape index (κ1) is 15.7. The van der Waals surface area contributed by atoms with Gasteiger partial charge in [0, 0.05) is 25.0 Å². The number of rotatable bonds is 6. The van der Waals surface area contributed by atoms with Crippen molar-refractivity contribution in [2.75, 3.05) is 6.54 Å². The SMILES string of the molecule is CC(C)CN(C(=O)CCC(C)N)C1CC1.Cl. The third-order valence-electron chi connectivity index (χ3n) is 2.68. The molecule has 4 heteroatoms. The van der Waals surface area contributed by atoms with Crippen molar-refractivity contribution in [1.82, 2.24) is 4.90 Å². The molecule has 0 aromatic carbocycles. The molecule has 1 amide bonds. The fraction of sp³-hybridized carbons (Fsp3) is 0.917. The third-order valence-corrected chi connectivity index (χ3v) is 2.68. The van der Waals surface area contributed by atoms with Crippen LogP contribution in [-0.4, -0.2) is 29.4 Å². The van der Waals surface area contributed by atoms with Gasteiger partial charge >= 0.3 is 0 Å². The van der Waals surface area contributed by atoms with Crippen LogP contribution in [0.25, 0.3) is 0 Å². The lowest BCUT2D eigenvalue weighted by molar-refractivity contribution is -0.132. The Morgan fingerprint density at radius 2 is 1.94 bits per heavy atom. The van der Waals surface area contributed by atoms with Crippen molar-refractivity contribution in [3.63, 3.8) is 0 Å². The fourth-order valence-electron chi connectivity index (χ4n) is 1.73. The molecule has 0 bridgehead atoms. The summed E-state index contributed by atoms with van der Waals surface area (Å²) in [4.78, 5) is 14.0. The summed E-state index contributed by atoms with van der Waals surface area (Å²) in [6.07, 6.45) is 3.80. The second kappa shape index (κ2) is 7.13. The number of carbonyl (C=O) groups excluding carboxylic acids is 1. The molecule has 2 N–H and O–H groups in total. The average Bonchev–Trinajstić information content (AvgIpc) is 2.93. The van der Waals surface area contributed by atoms with Crippen molar-refractivity contribution in [3.05, 3.63) is 0 Å². The van der Waals surface area contributed by atoms with Gasteiger partial charge in [0.1, 0.15) is 0 Å². The smallest absolute Gasteiger partial charge is 0.222 e. The van der Waals surface area contributed by atoms with Crippen LogP contribution in [0, 0.1) is 5.92 Å². The molecule has 1 aliphatic rings. The van der Waals surface area contributed by atoms with Gasteiger partial charge < -0.3 is 10.6 Å². The number of hydrogen-bond donors (Lipinski definition) is 1. The maximum Gasteiger partial charge on any atom is 0.222 e. The highest BCUT2D eigenvalue weighted by Gasteiger charge is 2.32. The molecule has 1 unspecified atom stereocenters. The molecule has 1 rings (SSSR count). The van der Waals surface area contributed by atoms with E-state index in [1.807, 2.05) is 6.92 Å². The Morgan fingerprint density at radius 3 is 2.31 bits per heavy atom. The van der Waals surface area contributed by atoms with Crippen molar-refractivity contribution in [2.45, 2.75) is 58.5 Å². The molecule has 16 heavy (non-hydrogen) atoms. The van der Waals surface area contributed by atoms with E-state index >= 15 is 0 Å². The Bertz CT molecular complexity index is 215. The van der Waals surface area contributed by atoms with Gasteiger partial charge in [0.05, 0.1) is 0 Å². The predicted octanol–water partition coefficient (Wildman–Crippen LogP) is 2.18. The molecule has 0 saturated heterocycles. The van der Waals surface area contributed by atoms with Crippen LogP contribution >= 0.6 is 12.4 Å². The molecule has 0 aliphatic heterocycles. The van der Waals surface area contributed by atoms with Crippen LogP contribution in [0.5, 0.6) is 0 Å². The molecule has 0 spiro atoms. The molecule has 96 valence electrons. The summed E-state index contributed by atoms with van der Waals surface area (Å²) in [6.45, 7) is 7.18. The van der Waals surface area contributed by atoms with Gasteiger partial charge in [-0.3, -0.25) is 4.79 Å². The van der Waals surface area contributed by atoms with Crippen LogP contribution in [-0.2, 0) is 4.79 Å². The van der Waals surface area contributed by atoms with E-state index in [0.29, 0.717) is 24.3 Å². The summed E-state index contributed by atoms with van der Waals surface area (Å²) in [5, 5.41) is 0. The number of hydrogen-bond acceptors (Lipinski definition) is 2. The van der Waals surface area contributed by atoms with E-state index in [1.165, 1.54) is 12.8 Å². The van der Waals surface area contributed by atoms with E-state index in [1.54, 1.807) is 0 Å². The van der Waals surface area contributed by atoms with E-state index in [-0.39, 0.29) is 18.4 Å². The fourth-order valence-corrected chi connectivity index (χ4v) is 1.73. The molecule has 0 radical (unpaired) electrons. The topological polar surface area (TPSA) is 46.3 Å². The van der Waals surface area contributed by atoms with E-state index in [4.69, 9.17) is 5.73 Å². The lowest BCUT2D eigenvalue weighted by Crippen LogP contribution is -2.36. The number of nitrogens with zero attached hydrogens (tertiary/aromatic N) is 1. The molecule has 1 aliphatic carbocycles. The standard InChI is InChI=1S/C12H24N2O.ClH/c1-9(2)8-14(11-5-6-11)12(15)7-4-10(3)13;/h9-11H,4-8,13H2,1-3H3;1H. The van der Waals surface area contributed by atoms with E-state index in [0.717, 1.165) is 13.0 Å². The largest absolute Gasteiger partial charge is 0.339 e. The van der Waals surface area contributed by atoms with Gasteiger partial charge in [0.15, 0.2) is 0 Å². The average molecular weight is 249 g/mol. The van der Waals surface area contributed by atoms with Crippen LogP contribution in [0.15, 0.2) is 0 Å². The number of nitrogens with two attached hydrogens (primary N) is 1. The van der Waals surface area contributed by atoms with Crippen molar-refractivity contribution in [3.8, 4) is 0 Å². The normalized spacial score (nSPS) is 16.8. The molecule has 0 aromatic heterocycles. The number of amides is 1. The third kappa shape index (κ3) is 5.71. The molecule has 3 nitrogen and oxygen atoms in total. The number of halogens is 1. The van der Waals surface area contributed by atoms with E-state index in [9.17, 15) is 4.79 Å². The zero-order valence-electron chi connectivity index (χ0n) is 10.6. The predicted molar refractivity (Wildman–Crippen MR) is 69.7 cm³/mol.